The predicted octanol–water partition coefficient (Wildman–Crippen LogP) is 2.54. The summed E-state index contributed by atoms with van der Waals surface area (Å²) in [5.74, 6) is 0. The van der Waals surface area contributed by atoms with E-state index < -0.39 is 12.7 Å². The van der Waals surface area contributed by atoms with Gasteiger partial charge in [0.15, 0.2) is 0 Å². The van der Waals surface area contributed by atoms with Crippen LogP contribution < -0.4 is 0 Å². The van der Waals surface area contributed by atoms with E-state index in [4.69, 9.17) is 34.8 Å². The van der Waals surface area contributed by atoms with Crippen LogP contribution in [0.25, 0.3) is 0 Å². The molecule has 0 saturated heterocycles. The van der Waals surface area contributed by atoms with Crippen LogP contribution in [0.15, 0.2) is 0 Å². The fraction of sp³-hybridized carbons (Fsp3) is 1.00. The molecule has 0 saturated carbocycles. The second-order valence-electron chi connectivity index (χ2n) is 0.612. The number of alkyl halides is 3. The summed E-state index contributed by atoms with van der Waals surface area (Å²) in [6.07, 6.45) is 0. The molecule has 0 rings (SSSR count). The molecular formula is CCl3O2P. The first-order valence-corrected chi connectivity index (χ1v) is 3.00. The van der Waals surface area contributed by atoms with E-state index in [0.29, 0.717) is 0 Å². The lowest BCUT2D eigenvalue weighted by Gasteiger charge is -2.01. The highest BCUT2D eigenvalue weighted by molar-refractivity contribution is 7.18. The maximum atomic E-state index is 9.44. The van der Waals surface area contributed by atoms with Crippen molar-refractivity contribution in [1.29, 1.82) is 0 Å². The molecule has 7 heavy (non-hydrogen) atoms. The zero-order valence-corrected chi connectivity index (χ0v) is 6.06. The Labute approximate surface area is 57.0 Å². The van der Waals surface area contributed by atoms with Gasteiger partial charge < -0.3 is 0 Å². The molecule has 0 heterocycles. The fourth-order valence-corrected chi connectivity index (χ4v) is 0.380. The first kappa shape index (κ1) is 7.93. The van der Waals surface area contributed by atoms with Crippen LogP contribution >= 0.6 is 43.5 Å². The Morgan fingerprint density at radius 1 is 1.43 bits per heavy atom. The van der Waals surface area contributed by atoms with Crippen molar-refractivity contribution < 1.29 is 9.09 Å². The summed E-state index contributed by atoms with van der Waals surface area (Å²) in [5.41, 5.74) is 0. The van der Waals surface area contributed by atoms with Crippen LogP contribution in [0.1, 0.15) is 0 Å². The monoisotopic (exact) mass is 180 g/mol. The molecule has 0 radical (unpaired) electrons. The summed E-state index contributed by atoms with van der Waals surface area (Å²) < 4.78 is 11.5. The van der Waals surface area contributed by atoms with Crippen molar-refractivity contribution in [3.63, 3.8) is 0 Å². The molecule has 0 N–H and O–H groups in total. The Balaban J connectivity index is 3.34. The third kappa shape index (κ3) is 6.93. The molecule has 0 fully saturated rings. The van der Waals surface area contributed by atoms with Gasteiger partial charge in [0.1, 0.15) is 0 Å². The van der Waals surface area contributed by atoms with Gasteiger partial charge in [0.25, 0.3) is 0 Å². The molecule has 6 heteroatoms. The van der Waals surface area contributed by atoms with Crippen molar-refractivity contribution in [2.45, 2.75) is 3.98 Å². The summed E-state index contributed by atoms with van der Waals surface area (Å²) in [6.45, 7) is 0. The van der Waals surface area contributed by atoms with E-state index in [0.717, 1.165) is 0 Å². The maximum absolute atomic E-state index is 9.44. The summed E-state index contributed by atoms with van der Waals surface area (Å²) in [4.78, 5) is 0. The quantitative estimate of drug-likeness (QED) is 0.459. The Morgan fingerprint density at radius 2 is 1.86 bits per heavy atom. The number of hydrogen-bond acceptors (Lipinski definition) is 2. The van der Waals surface area contributed by atoms with Crippen molar-refractivity contribution in [3.05, 3.63) is 0 Å². The van der Waals surface area contributed by atoms with Gasteiger partial charge in [-0.2, -0.15) is 0 Å². The van der Waals surface area contributed by atoms with Gasteiger partial charge in [-0.1, -0.05) is 34.8 Å². The molecule has 0 atom stereocenters. The van der Waals surface area contributed by atoms with Crippen LogP contribution in [0.2, 0.25) is 0 Å². The van der Waals surface area contributed by atoms with E-state index in [-0.39, 0.29) is 0 Å². The Hall–Kier alpha value is 0.930. The van der Waals surface area contributed by atoms with Crippen LogP contribution in [0, 0.1) is 0 Å². The average molecular weight is 181 g/mol. The predicted molar refractivity (Wildman–Crippen MR) is 29.0 cm³/mol. The number of halogens is 3. The van der Waals surface area contributed by atoms with E-state index in [1.165, 1.54) is 0 Å². The van der Waals surface area contributed by atoms with Gasteiger partial charge in [0.05, 0.1) is 0 Å². The molecule has 0 aliphatic carbocycles. The minimum absolute atomic E-state index is 0.637. The standard InChI is InChI=1S/CCl3O2P/c2-1(3,4)6-7-5. The van der Waals surface area contributed by atoms with E-state index in [2.05, 4.69) is 4.52 Å². The van der Waals surface area contributed by atoms with E-state index in [1.54, 1.807) is 0 Å². The molecule has 0 amide bonds. The second-order valence-corrected chi connectivity index (χ2v) is 3.12. The van der Waals surface area contributed by atoms with Gasteiger partial charge in [0, 0.05) is 0 Å². The highest BCUT2D eigenvalue weighted by atomic mass is 35.6. The molecule has 0 bridgehead atoms. The van der Waals surface area contributed by atoms with Crippen LogP contribution in [0.3, 0.4) is 0 Å². The SMILES string of the molecule is O=POC(Cl)(Cl)Cl. The van der Waals surface area contributed by atoms with Crippen LogP contribution in [0.4, 0.5) is 0 Å². The first-order chi connectivity index (χ1) is 3.06. The van der Waals surface area contributed by atoms with Crippen LogP contribution in [0.5, 0.6) is 0 Å². The van der Waals surface area contributed by atoms with Crippen molar-refractivity contribution in [2.24, 2.45) is 0 Å². The van der Waals surface area contributed by atoms with E-state index in [1.807, 2.05) is 0 Å². The largest absolute Gasteiger partial charge is 0.331 e. The molecule has 0 aliphatic rings. The van der Waals surface area contributed by atoms with E-state index in [9.17, 15) is 4.57 Å². The number of rotatable bonds is 1. The van der Waals surface area contributed by atoms with Crippen molar-refractivity contribution in [2.75, 3.05) is 0 Å². The molecule has 0 aromatic carbocycles. The maximum Gasteiger partial charge on any atom is 0.331 e. The smallest absolute Gasteiger partial charge is 0.241 e. The molecule has 0 aromatic heterocycles. The zero-order valence-electron chi connectivity index (χ0n) is 2.90. The highest BCUT2D eigenvalue weighted by Gasteiger charge is 2.19. The first-order valence-electron chi connectivity index (χ1n) is 1.14. The third-order valence-corrected chi connectivity index (χ3v) is 1.04. The third-order valence-electron chi connectivity index (χ3n) is 0.141. The second kappa shape index (κ2) is 3.06. The minimum atomic E-state index is -1.86. The molecule has 42 valence electrons. The normalized spacial score (nSPS) is 12.4. The van der Waals surface area contributed by atoms with Crippen molar-refractivity contribution >= 4 is 43.5 Å². The zero-order chi connectivity index (χ0) is 5.91. The van der Waals surface area contributed by atoms with Gasteiger partial charge in [-0.15, -0.1) is 0 Å². The molecule has 0 unspecified atom stereocenters. The van der Waals surface area contributed by atoms with Gasteiger partial charge in [-0.05, 0) is 0 Å². The van der Waals surface area contributed by atoms with Crippen molar-refractivity contribution in [1.82, 2.24) is 0 Å². The molecular weight excluding hydrogens is 181 g/mol. The van der Waals surface area contributed by atoms with E-state index >= 15 is 0 Å². The summed E-state index contributed by atoms with van der Waals surface area (Å²) in [6, 6.07) is 0. The van der Waals surface area contributed by atoms with Gasteiger partial charge in [-0.25, -0.2) is 9.09 Å². The lowest BCUT2D eigenvalue weighted by Crippen LogP contribution is -1.98. The summed E-state index contributed by atoms with van der Waals surface area (Å²) >= 11 is 14.8. The fourth-order valence-electron chi connectivity index (χ4n) is 0.0423. The lowest BCUT2D eigenvalue weighted by atomic mass is 11.7. The highest BCUT2D eigenvalue weighted by Crippen LogP contribution is 2.30. The Bertz CT molecular complexity index is 67.8. The van der Waals surface area contributed by atoms with Crippen molar-refractivity contribution in [3.8, 4) is 0 Å². The van der Waals surface area contributed by atoms with Crippen LogP contribution in [-0.2, 0) is 9.09 Å². The molecule has 0 aliphatic heterocycles. The number of hydrogen-bond donors (Lipinski definition) is 0. The average Bonchev–Trinajstić information content (AvgIpc) is 1.30. The Kier molecular flexibility index (Phi) is 3.46. The molecule has 0 aromatic rings. The topological polar surface area (TPSA) is 26.3 Å². The van der Waals surface area contributed by atoms with Crippen LogP contribution in [-0.4, -0.2) is 3.98 Å². The molecule has 2 nitrogen and oxygen atoms in total. The Morgan fingerprint density at radius 3 is 1.86 bits per heavy atom. The lowest BCUT2D eigenvalue weighted by molar-refractivity contribution is 0.347. The minimum Gasteiger partial charge on any atom is -0.241 e. The summed E-state index contributed by atoms with van der Waals surface area (Å²) in [7, 11) is -0.637. The van der Waals surface area contributed by atoms with Gasteiger partial charge in [0.2, 0.25) is 0 Å². The van der Waals surface area contributed by atoms with Gasteiger partial charge in [-0.3, -0.25) is 0 Å². The molecule has 0 spiro atoms. The van der Waals surface area contributed by atoms with Gasteiger partial charge >= 0.3 is 12.7 Å². The summed E-state index contributed by atoms with van der Waals surface area (Å²) in [5, 5.41) is 0.